The van der Waals surface area contributed by atoms with Crippen LogP contribution in [0.3, 0.4) is 0 Å². The van der Waals surface area contributed by atoms with E-state index in [2.05, 4.69) is 24.3 Å². The molecule has 0 saturated heterocycles. The molecule has 0 aliphatic heterocycles. The minimum atomic E-state index is 0.0880. The number of aldehydes is 1. The molecule has 110 valence electrons. The lowest BCUT2D eigenvalue weighted by Gasteiger charge is -1.91. The van der Waals surface area contributed by atoms with Gasteiger partial charge in [-0.3, -0.25) is 0 Å². The SMILES string of the molecule is O=CCCCC=Cc1ccccc1.Oc1cccc(O)c1. The van der Waals surface area contributed by atoms with Crippen molar-refractivity contribution in [2.24, 2.45) is 0 Å². The molecule has 0 unspecified atom stereocenters. The summed E-state index contributed by atoms with van der Waals surface area (Å²) in [6, 6.07) is 16.0. The Morgan fingerprint density at radius 3 is 2.05 bits per heavy atom. The van der Waals surface area contributed by atoms with Crippen LogP contribution < -0.4 is 0 Å². The third-order valence-corrected chi connectivity index (χ3v) is 2.63. The Morgan fingerprint density at radius 1 is 0.857 bits per heavy atom. The van der Waals surface area contributed by atoms with Crippen LogP contribution in [0.25, 0.3) is 6.08 Å². The van der Waals surface area contributed by atoms with Gasteiger partial charge in [-0.2, -0.15) is 0 Å². The molecule has 0 amide bonds. The van der Waals surface area contributed by atoms with Gasteiger partial charge in [-0.05, 0) is 30.5 Å². The molecule has 2 aromatic rings. The summed E-state index contributed by atoms with van der Waals surface area (Å²) in [5.41, 5.74) is 1.22. The van der Waals surface area contributed by atoms with Gasteiger partial charge < -0.3 is 15.0 Å². The van der Waals surface area contributed by atoms with Gasteiger partial charge in [0, 0.05) is 12.5 Å². The fraction of sp³-hybridized carbons (Fsp3) is 0.167. The number of unbranched alkanes of at least 4 members (excludes halogenated alkanes) is 2. The molecule has 0 aromatic heterocycles. The number of rotatable bonds is 5. The molecule has 21 heavy (non-hydrogen) atoms. The lowest BCUT2D eigenvalue weighted by molar-refractivity contribution is -0.107. The Bertz CT molecular complexity index is 530. The summed E-state index contributed by atoms with van der Waals surface area (Å²) in [4.78, 5) is 10.0. The van der Waals surface area contributed by atoms with Crippen LogP contribution in [0.5, 0.6) is 11.5 Å². The highest BCUT2D eigenvalue weighted by Crippen LogP contribution is 2.14. The molecule has 0 saturated carbocycles. The number of phenolic OH excluding ortho intramolecular Hbond substituents is 2. The molecule has 2 rings (SSSR count). The summed E-state index contributed by atoms with van der Waals surface area (Å²) in [5, 5.41) is 17.3. The monoisotopic (exact) mass is 284 g/mol. The van der Waals surface area contributed by atoms with E-state index in [0.717, 1.165) is 19.1 Å². The summed E-state index contributed by atoms with van der Waals surface area (Å²) in [6.07, 6.45) is 7.76. The quantitative estimate of drug-likeness (QED) is 0.640. The maximum atomic E-state index is 10.0. The zero-order valence-corrected chi connectivity index (χ0v) is 11.9. The van der Waals surface area contributed by atoms with E-state index in [4.69, 9.17) is 10.2 Å². The van der Waals surface area contributed by atoms with Crippen molar-refractivity contribution in [1.29, 1.82) is 0 Å². The highest BCUT2D eigenvalue weighted by atomic mass is 16.3. The number of hydrogen-bond donors (Lipinski definition) is 2. The molecule has 0 spiro atoms. The Balaban J connectivity index is 0.000000235. The normalized spacial score (nSPS) is 9.90. The van der Waals surface area contributed by atoms with Gasteiger partial charge in [-0.15, -0.1) is 0 Å². The van der Waals surface area contributed by atoms with E-state index in [1.165, 1.54) is 23.8 Å². The number of carbonyl (C=O) groups is 1. The van der Waals surface area contributed by atoms with Crippen LogP contribution in [-0.2, 0) is 4.79 Å². The zero-order chi connectivity index (χ0) is 15.3. The van der Waals surface area contributed by atoms with Crippen molar-refractivity contribution in [3.05, 3.63) is 66.2 Å². The van der Waals surface area contributed by atoms with Gasteiger partial charge in [0.05, 0.1) is 0 Å². The molecule has 0 heterocycles. The summed E-state index contributed by atoms with van der Waals surface area (Å²) >= 11 is 0. The van der Waals surface area contributed by atoms with E-state index in [-0.39, 0.29) is 11.5 Å². The average molecular weight is 284 g/mol. The first-order valence-corrected chi connectivity index (χ1v) is 6.85. The molecule has 0 aliphatic carbocycles. The minimum absolute atomic E-state index is 0.0880. The average Bonchev–Trinajstić information content (AvgIpc) is 2.48. The van der Waals surface area contributed by atoms with E-state index in [1.807, 2.05) is 18.2 Å². The number of carbonyl (C=O) groups excluding carboxylic acids is 1. The Morgan fingerprint density at radius 2 is 1.52 bits per heavy atom. The molecule has 0 atom stereocenters. The highest BCUT2D eigenvalue weighted by Gasteiger charge is 1.85. The molecular formula is C18H20O3. The second kappa shape index (κ2) is 10.3. The van der Waals surface area contributed by atoms with Crippen molar-refractivity contribution in [1.82, 2.24) is 0 Å². The molecule has 0 radical (unpaired) electrons. The Hall–Kier alpha value is -2.55. The first-order chi connectivity index (χ1) is 10.2. The molecule has 0 aliphatic rings. The lowest BCUT2D eigenvalue weighted by Crippen LogP contribution is -1.74. The molecule has 2 aromatic carbocycles. The van der Waals surface area contributed by atoms with Crippen molar-refractivity contribution >= 4 is 12.4 Å². The van der Waals surface area contributed by atoms with Crippen LogP contribution in [-0.4, -0.2) is 16.5 Å². The van der Waals surface area contributed by atoms with Crippen LogP contribution in [0.2, 0.25) is 0 Å². The fourth-order valence-electron chi connectivity index (χ4n) is 1.60. The van der Waals surface area contributed by atoms with Gasteiger partial charge in [0.25, 0.3) is 0 Å². The smallest absolute Gasteiger partial charge is 0.120 e. The van der Waals surface area contributed by atoms with Crippen molar-refractivity contribution in [3.8, 4) is 11.5 Å². The first kappa shape index (κ1) is 16.5. The summed E-state index contributed by atoms with van der Waals surface area (Å²) < 4.78 is 0. The number of allylic oxidation sites excluding steroid dienone is 1. The van der Waals surface area contributed by atoms with E-state index >= 15 is 0 Å². The van der Waals surface area contributed by atoms with Crippen molar-refractivity contribution in [2.75, 3.05) is 0 Å². The lowest BCUT2D eigenvalue weighted by atomic mass is 10.2. The Labute approximate surface area is 125 Å². The largest absolute Gasteiger partial charge is 0.508 e. The number of hydrogen-bond acceptors (Lipinski definition) is 3. The molecule has 3 heteroatoms. The van der Waals surface area contributed by atoms with Crippen LogP contribution in [0, 0.1) is 0 Å². The van der Waals surface area contributed by atoms with E-state index in [1.54, 1.807) is 6.07 Å². The van der Waals surface area contributed by atoms with Gasteiger partial charge in [0.2, 0.25) is 0 Å². The minimum Gasteiger partial charge on any atom is -0.508 e. The topological polar surface area (TPSA) is 57.5 Å². The van der Waals surface area contributed by atoms with Gasteiger partial charge in [-0.25, -0.2) is 0 Å². The van der Waals surface area contributed by atoms with Gasteiger partial charge >= 0.3 is 0 Å². The molecule has 3 nitrogen and oxygen atoms in total. The highest BCUT2D eigenvalue weighted by molar-refractivity contribution is 5.50. The predicted octanol–water partition coefficient (Wildman–Crippen LogP) is 4.17. The fourth-order valence-corrected chi connectivity index (χ4v) is 1.60. The van der Waals surface area contributed by atoms with Gasteiger partial charge in [0.1, 0.15) is 17.8 Å². The van der Waals surface area contributed by atoms with Crippen LogP contribution in [0.1, 0.15) is 24.8 Å². The standard InChI is InChI=1S/C12H14O.C6H6O2/c13-11-7-2-1-4-8-12-9-5-3-6-10-12;7-5-2-1-3-6(8)4-5/h3-6,8-11H,1-2,7H2;1-4,7-8H. The third kappa shape index (κ3) is 8.26. The van der Waals surface area contributed by atoms with Gasteiger partial charge in [0.15, 0.2) is 0 Å². The summed E-state index contributed by atoms with van der Waals surface area (Å²) in [5.74, 6) is 0.176. The van der Waals surface area contributed by atoms with Crippen LogP contribution >= 0.6 is 0 Å². The molecule has 2 N–H and O–H groups in total. The zero-order valence-electron chi connectivity index (χ0n) is 11.9. The predicted molar refractivity (Wildman–Crippen MR) is 85.2 cm³/mol. The van der Waals surface area contributed by atoms with E-state index in [0.29, 0.717) is 6.42 Å². The van der Waals surface area contributed by atoms with Crippen LogP contribution in [0.15, 0.2) is 60.7 Å². The molecule has 0 fully saturated rings. The Kier molecular flexibility index (Phi) is 8.07. The number of phenols is 2. The number of aromatic hydroxyl groups is 2. The first-order valence-electron chi connectivity index (χ1n) is 6.85. The maximum absolute atomic E-state index is 10.0. The second-order valence-corrected chi connectivity index (χ2v) is 4.43. The summed E-state index contributed by atoms with van der Waals surface area (Å²) in [7, 11) is 0. The molecular weight excluding hydrogens is 264 g/mol. The third-order valence-electron chi connectivity index (χ3n) is 2.63. The number of benzene rings is 2. The van der Waals surface area contributed by atoms with Gasteiger partial charge in [-0.1, -0.05) is 48.6 Å². The van der Waals surface area contributed by atoms with E-state index < -0.39 is 0 Å². The summed E-state index contributed by atoms with van der Waals surface area (Å²) in [6.45, 7) is 0. The second-order valence-electron chi connectivity index (χ2n) is 4.43. The van der Waals surface area contributed by atoms with Crippen molar-refractivity contribution in [2.45, 2.75) is 19.3 Å². The van der Waals surface area contributed by atoms with Crippen molar-refractivity contribution in [3.63, 3.8) is 0 Å². The van der Waals surface area contributed by atoms with E-state index in [9.17, 15) is 4.79 Å². The maximum Gasteiger partial charge on any atom is 0.120 e. The van der Waals surface area contributed by atoms with Crippen LogP contribution in [0.4, 0.5) is 0 Å². The van der Waals surface area contributed by atoms with Crippen molar-refractivity contribution < 1.29 is 15.0 Å². The molecule has 0 bridgehead atoms.